The Labute approximate surface area is 133 Å². The van der Waals surface area contributed by atoms with Crippen molar-refractivity contribution >= 4 is 11.4 Å². The van der Waals surface area contributed by atoms with E-state index in [9.17, 15) is 0 Å². The van der Waals surface area contributed by atoms with Gasteiger partial charge in [0, 0.05) is 23.3 Å². The first-order valence-corrected chi connectivity index (χ1v) is 10.0. The summed E-state index contributed by atoms with van der Waals surface area (Å²) in [6, 6.07) is 0. The third-order valence-electron chi connectivity index (χ3n) is 8.71. The van der Waals surface area contributed by atoms with E-state index in [4.69, 9.17) is 10.2 Å². The molecule has 0 aromatic heterocycles. The Bertz CT molecular complexity index is 512. The van der Waals surface area contributed by atoms with Crippen molar-refractivity contribution < 1.29 is 0 Å². The van der Waals surface area contributed by atoms with Crippen LogP contribution in [0, 0.1) is 47.3 Å². The Kier molecular flexibility index (Phi) is 2.57. The normalized spacial score (nSPS) is 58.2. The summed E-state index contributed by atoms with van der Waals surface area (Å²) in [7, 11) is 0. The van der Waals surface area contributed by atoms with Crippen LogP contribution in [-0.2, 0) is 0 Å². The number of fused-ring (bicyclic) bond motifs is 10. The lowest BCUT2D eigenvalue weighted by atomic mass is 9.80. The average molecular weight is 296 g/mol. The van der Waals surface area contributed by atoms with Crippen molar-refractivity contribution in [3.8, 4) is 0 Å². The average Bonchev–Trinajstić information content (AvgIpc) is 3.33. The van der Waals surface area contributed by atoms with Crippen LogP contribution in [0.3, 0.4) is 0 Å². The van der Waals surface area contributed by atoms with Crippen LogP contribution in [0.2, 0.25) is 0 Å². The molecular formula is C20H28N2. The molecule has 0 unspecified atom stereocenters. The van der Waals surface area contributed by atoms with Crippen LogP contribution in [0.15, 0.2) is 10.2 Å². The Morgan fingerprint density at radius 3 is 1.55 bits per heavy atom. The number of hydrogen-bond donors (Lipinski definition) is 0. The van der Waals surface area contributed by atoms with Crippen LogP contribution >= 0.6 is 0 Å². The standard InChI is InChI=1S/C20H28N2/c1-3-13-11-7-17(15(13)5-1)19(9-11)21-22-20-10-12-8-18(20)16-6-2-4-14(12)16/h11-18H,1-10H2/b21-19-,22-20-/t11-,12-,13-,14-,15-,16-,17+,18+/m1/s1. The SMILES string of the molecule is C1C[C@@H]2[C@H]3C/C(=N/N=C4/C[C@H]5C[C@H]4[C@@H]4CCC[C@H]54)[C@@H](C3)[C@@H]2C1. The van der Waals surface area contributed by atoms with E-state index in [-0.39, 0.29) is 0 Å². The molecule has 0 aromatic carbocycles. The molecule has 6 saturated carbocycles. The summed E-state index contributed by atoms with van der Waals surface area (Å²) in [6.07, 6.45) is 14.5. The Morgan fingerprint density at radius 1 is 0.591 bits per heavy atom. The molecule has 0 aliphatic heterocycles. The van der Waals surface area contributed by atoms with Gasteiger partial charge in [-0.1, -0.05) is 12.8 Å². The van der Waals surface area contributed by atoms with Gasteiger partial charge in [-0.25, -0.2) is 0 Å². The fourth-order valence-corrected chi connectivity index (χ4v) is 7.99. The maximum absolute atomic E-state index is 4.89. The molecule has 0 saturated heterocycles. The van der Waals surface area contributed by atoms with Crippen LogP contribution in [0.1, 0.15) is 64.2 Å². The Morgan fingerprint density at radius 2 is 1.05 bits per heavy atom. The fourth-order valence-electron chi connectivity index (χ4n) is 7.99. The largest absolute Gasteiger partial charge is 0.160 e. The van der Waals surface area contributed by atoms with E-state index in [2.05, 4.69) is 0 Å². The van der Waals surface area contributed by atoms with Gasteiger partial charge < -0.3 is 0 Å². The second kappa shape index (κ2) is 4.45. The molecule has 4 bridgehead atoms. The molecule has 6 fully saturated rings. The maximum Gasteiger partial charge on any atom is 0.0442 e. The third-order valence-corrected chi connectivity index (χ3v) is 8.71. The van der Waals surface area contributed by atoms with Crippen LogP contribution in [-0.4, -0.2) is 11.4 Å². The van der Waals surface area contributed by atoms with Gasteiger partial charge in [-0.2, -0.15) is 10.2 Å². The van der Waals surface area contributed by atoms with Crippen LogP contribution in [0.25, 0.3) is 0 Å². The van der Waals surface area contributed by atoms with Crippen molar-refractivity contribution in [1.29, 1.82) is 0 Å². The summed E-state index contributed by atoms with van der Waals surface area (Å²) < 4.78 is 0. The molecule has 6 aliphatic rings. The van der Waals surface area contributed by atoms with Gasteiger partial charge in [0.15, 0.2) is 0 Å². The van der Waals surface area contributed by atoms with E-state index in [0.717, 1.165) is 47.3 Å². The van der Waals surface area contributed by atoms with Crippen LogP contribution in [0.5, 0.6) is 0 Å². The summed E-state index contributed by atoms with van der Waals surface area (Å²) in [5.74, 6) is 7.76. The van der Waals surface area contributed by atoms with Gasteiger partial charge in [0.1, 0.15) is 0 Å². The summed E-state index contributed by atoms with van der Waals surface area (Å²) in [5.41, 5.74) is 3.01. The van der Waals surface area contributed by atoms with E-state index in [0.29, 0.717) is 0 Å². The van der Waals surface area contributed by atoms with Gasteiger partial charge in [0.25, 0.3) is 0 Å². The quantitative estimate of drug-likeness (QED) is 0.627. The monoisotopic (exact) mass is 296 g/mol. The molecule has 2 nitrogen and oxygen atoms in total. The van der Waals surface area contributed by atoms with Crippen molar-refractivity contribution in [3.05, 3.63) is 0 Å². The zero-order valence-electron chi connectivity index (χ0n) is 13.6. The number of nitrogens with zero attached hydrogens (tertiary/aromatic N) is 2. The van der Waals surface area contributed by atoms with Gasteiger partial charge in [-0.3, -0.25) is 0 Å². The van der Waals surface area contributed by atoms with Gasteiger partial charge in [0.05, 0.1) is 0 Å². The van der Waals surface area contributed by atoms with Crippen molar-refractivity contribution in [1.82, 2.24) is 0 Å². The van der Waals surface area contributed by atoms with E-state index in [1.54, 1.807) is 0 Å². The Hall–Kier alpha value is -0.660. The highest BCUT2D eigenvalue weighted by Gasteiger charge is 2.54. The molecular weight excluding hydrogens is 268 g/mol. The number of rotatable bonds is 1. The highest BCUT2D eigenvalue weighted by atomic mass is 15.2. The van der Waals surface area contributed by atoms with Gasteiger partial charge in [-0.15, -0.1) is 0 Å². The summed E-state index contributed by atoms with van der Waals surface area (Å²) >= 11 is 0. The van der Waals surface area contributed by atoms with E-state index in [1.807, 2.05) is 0 Å². The second-order valence-electron chi connectivity index (χ2n) is 9.31. The highest BCUT2D eigenvalue weighted by molar-refractivity contribution is 5.93. The molecule has 6 rings (SSSR count). The molecule has 0 N–H and O–H groups in total. The van der Waals surface area contributed by atoms with Crippen LogP contribution < -0.4 is 0 Å². The lowest BCUT2D eigenvalue weighted by Gasteiger charge is -2.26. The predicted molar refractivity (Wildman–Crippen MR) is 89.0 cm³/mol. The van der Waals surface area contributed by atoms with E-state index >= 15 is 0 Å². The Balaban J connectivity index is 1.24. The first kappa shape index (κ1) is 12.7. The van der Waals surface area contributed by atoms with Gasteiger partial charge in [0.2, 0.25) is 0 Å². The van der Waals surface area contributed by atoms with Crippen molar-refractivity contribution in [2.75, 3.05) is 0 Å². The molecule has 0 radical (unpaired) electrons. The summed E-state index contributed by atoms with van der Waals surface area (Å²) in [6.45, 7) is 0. The zero-order chi connectivity index (χ0) is 14.3. The minimum atomic E-state index is 0.833. The zero-order valence-corrected chi connectivity index (χ0v) is 13.6. The molecule has 0 amide bonds. The summed E-state index contributed by atoms with van der Waals surface area (Å²) in [4.78, 5) is 0. The van der Waals surface area contributed by atoms with Gasteiger partial charge in [-0.05, 0) is 86.9 Å². The van der Waals surface area contributed by atoms with Crippen molar-refractivity contribution in [3.63, 3.8) is 0 Å². The molecule has 0 aromatic rings. The highest BCUT2D eigenvalue weighted by Crippen LogP contribution is 2.59. The lowest BCUT2D eigenvalue weighted by molar-refractivity contribution is 0.331. The fraction of sp³-hybridized carbons (Fsp3) is 0.900. The van der Waals surface area contributed by atoms with Gasteiger partial charge >= 0.3 is 0 Å². The molecule has 0 heterocycles. The molecule has 8 atom stereocenters. The minimum Gasteiger partial charge on any atom is -0.160 e. The maximum atomic E-state index is 4.89. The van der Waals surface area contributed by atoms with Crippen LogP contribution in [0.4, 0.5) is 0 Å². The molecule has 2 heteroatoms. The molecule has 6 aliphatic carbocycles. The second-order valence-corrected chi connectivity index (χ2v) is 9.31. The van der Waals surface area contributed by atoms with Crippen molar-refractivity contribution in [2.45, 2.75) is 64.2 Å². The van der Waals surface area contributed by atoms with E-state index < -0.39 is 0 Å². The first-order chi connectivity index (χ1) is 10.9. The minimum absolute atomic E-state index is 0.833. The van der Waals surface area contributed by atoms with Crippen molar-refractivity contribution in [2.24, 2.45) is 57.5 Å². The third kappa shape index (κ3) is 1.57. The van der Waals surface area contributed by atoms with E-state index in [1.165, 1.54) is 75.6 Å². The molecule has 118 valence electrons. The molecule has 22 heavy (non-hydrogen) atoms. The topological polar surface area (TPSA) is 24.7 Å². The lowest BCUT2D eigenvalue weighted by Crippen LogP contribution is -2.25. The predicted octanol–water partition coefficient (Wildman–Crippen LogP) is 4.70. The smallest absolute Gasteiger partial charge is 0.0442 e. The summed E-state index contributed by atoms with van der Waals surface area (Å²) in [5, 5.41) is 9.77. The first-order valence-electron chi connectivity index (χ1n) is 10.0. The number of hydrogen-bond acceptors (Lipinski definition) is 2. The molecule has 0 spiro atoms.